The van der Waals surface area contributed by atoms with Crippen molar-refractivity contribution < 1.29 is 17.6 Å². The lowest BCUT2D eigenvalue weighted by molar-refractivity contribution is 0.0942. The average molecular weight is 404 g/mol. The van der Waals surface area contributed by atoms with Crippen molar-refractivity contribution in [2.45, 2.75) is 17.9 Å². The van der Waals surface area contributed by atoms with Gasteiger partial charge in [-0.2, -0.15) is 0 Å². The standard InChI is InChI=1S/C20H18FNO3S2/c1-13-5-10-16(27(2,24)25)12-17(13)20(23)22-19(18-4-3-11-26-18)14-6-8-15(21)9-7-14/h3-12,19H,1-2H3,(H,22,23). The number of benzene rings is 2. The smallest absolute Gasteiger partial charge is 0.252 e. The third kappa shape index (κ3) is 4.43. The topological polar surface area (TPSA) is 63.2 Å². The van der Waals surface area contributed by atoms with E-state index in [0.29, 0.717) is 11.1 Å². The molecule has 0 aliphatic heterocycles. The van der Waals surface area contributed by atoms with Gasteiger partial charge in [0.05, 0.1) is 10.9 Å². The van der Waals surface area contributed by atoms with Crippen LogP contribution in [0.25, 0.3) is 0 Å². The Kier molecular flexibility index (Phi) is 5.43. The van der Waals surface area contributed by atoms with Gasteiger partial charge in [-0.25, -0.2) is 12.8 Å². The molecule has 3 aromatic rings. The van der Waals surface area contributed by atoms with Gasteiger partial charge in [-0.05, 0) is 53.8 Å². The van der Waals surface area contributed by atoms with E-state index in [1.54, 1.807) is 25.1 Å². The molecule has 0 fully saturated rings. The van der Waals surface area contributed by atoms with Crippen LogP contribution in [0.15, 0.2) is 64.9 Å². The zero-order chi connectivity index (χ0) is 19.6. The highest BCUT2D eigenvalue weighted by atomic mass is 32.2. The zero-order valence-electron chi connectivity index (χ0n) is 14.8. The van der Waals surface area contributed by atoms with Crippen molar-refractivity contribution >= 4 is 27.1 Å². The van der Waals surface area contributed by atoms with Crippen LogP contribution >= 0.6 is 11.3 Å². The van der Waals surface area contributed by atoms with E-state index in [4.69, 9.17) is 0 Å². The van der Waals surface area contributed by atoms with Crippen molar-refractivity contribution in [3.8, 4) is 0 Å². The van der Waals surface area contributed by atoms with Crippen molar-refractivity contribution in [3.63, 3.8) is 0 Å². The average Bonchev–Trinajstić information content (AvgIpc) is 3.14. The number of rotatable bonds is 5. The van der Waals surface area contributed by atoms with E-state index >= 15 is 0 Å². The van der Waals surface area contributed by atoms with Crippen LogP contribution in [-0.4, -0.2) is 20.6 Å². The van der Waals surface area contributed by atoms with Gasteiger partial charge in [0.2, 0.25) is 0 Å². The van der Waals surface area contributed by atoms with Crippen LogP contribution in [0.3, 0.4) is 0 Å². The highest BCUT2D eigenvalue weighted by molar-refractivity contribution is 7.90. The van der Waals surface area contributed by atoms with E-state index in [2.05, 4.69) is 5.32 Å². The van der Waals surface area contributed by atoms with Crippen molar-refractivity contribution in [1.29, 1.82) is 0 Å². The van der Waals surface area contributed by atoms with Gasteiger partial charge in [-0.3, -0.25) is 4.79 Å². The van der Waals surface area contributed by atoms with E-state index in [1.807, 2.05) is 17.5 Å². The second kappa shape index (κ2) is 7.62. The molecule has 0 bridgehead atoms. The molecule has 0 spiro atoms. The van der Waals surface area contributed by atoms with E-state index in [0.717, 1.165) is 16.7 Å². The van der Waals surface area contributed by atoms with Crippen molar-refractivity contribution in [2.75, 3.05) is 6.26 Å². The normalized spacial score (nSPS) is 12.6. The molecule has 0 aliphatic rings. The molecule has 27 heavy (non-hydrogen) atoms. The molecule has 1 amide bonds. The Labute approximate surface area is 161 Å². The molecule has 0 saturated heterocycles. The van der Waals surface area contributed by atoms with Gasteiger partial charge in [0.1, 0.15) is 5.82 Å². The first-order chi connectivity index (χ1) is 12.8. The number of hydrogen-bond acceptors (Lipinski definition) is 4. The summed E-state index contributed by atoms with van der Waals surface area (Å²) in [5.41, 5.74) is 1.70. The molecular weight excluding hydrogens is 385 g/mol. The lowest BCUT2D eigenvalue weighted by Gasteiger charge is -2.19. The fraction of sp³-hybridized carbons (Fsp3) is 0.150. The molecule has 2 aromatic carbocycles. The molecule has 1 N–H and O–H groups in total. The van der Waals surface area contributed by atoms with Gasteiger partial charge in [-0.15, -0.1) is 11.3 Å². The summed E-state index contributed by atoms with van der Waals surface area (Å²) in [6.45, 7) is 1.75. The molecule has 140 valence electrons. The molecule has 0 saturated carbocycles. The molecule has 0 radical (unpaired) electrons. The quantitative estimate of drug-likeness (QED) is 0.697. The van der Waals surface area contributed by atoms with Gasteiger partial charge >= 0.3 is 0 Å². The van der Waals surface area contributed by atoms with E-state index < -0.39 is 15.9 Å². The number of aryl methyl sites for hydroxylation is 1. The monoisotopic (exact) mass is 403 g/mol. The SMILES string of the molecule is Cc1ccc(S(C)(=O)=O)cc1C(=O)NC(c1ccc(F)cc1)c1cccs1. The number of amides is 1. The fourth-order valence-corrected chi connectivity index (χ4v) is 4.16. The molecule has 3 rings (SSSR count). The summed E-state index contributed by atoms with van der Waals surface area (Å²) in [6, 6.07) is 13.7. The fourth-order valence-electron chi connectivity index (χ4n) is 2.71. The van der Waals surface area contributed by atoms with Crippen LogP contribution in [0, 0.1) is 12.7 Å². The minimum absolute atomic E-state index is 0.0905. The summed E-state index contributed by atoms with van der Waals surface area (Å²) in [5, 5.41) is 4.84. The maximum Gasteiger partial charge on any atom is 0.252 e. The molecule has 1 unspecified atom stereocenters. The minimum Gasteiger partial charge on any atom is -0.340 e. The maximum absolute atomic E-state index is 13.3. The second-order valence-electron chi connectivity index (χ2n) is 6.22. The predicted octanol–water partition coefficient (Wildman–Crippen LogP) is 4.12. The molecule has 1 aromatic heterocycles. The summed E-state index contributed by atoms with van der Waals surface area (Å²) in [6.07, 6.45) is 1.10. The van der Waals surface area contributed by atoms with E-state index in [-0.39, 0.29) is 16.6 Å². The van der Waals surface area contributed by atoms with Crippen molar-refractivity contribution in [3.05, 3.63) is 87.4 Å². The number of nitrogens with one attached hydrogen (secondary N) is 1. The van der Waals surface area contributed by atoms with Crippen molar-refractivity contribution in [2.24, 2.45) is 0 Å². The van der Waals surface area contributed by atoms with Crippen LogP contribution in [0.2, 0.25) is 0 Å². The van der Waals surface area contributed by atoms with Gasteiger partial charge in [0.15, 0.2) is 9.84 Å². The molecule has 4 nitrogen and oxygen atoms in total. The van der Waals surface area contributed by atoms with Crippen LogP contribution in [0.1, 0.15) is 32.4 Å². The molecular formula is C20H18FNO3S2. The number of carbonyl (C=O) groups excluding carboxylic acids is 1. The number of sulfone groups is 1. The van der Waals surface area contributed by atoms with Gasteiger partial charge in [-0.1, -0.05) is 24.3 Å². The molecule has 0 aliphatic carbocycles. The lowest BCUT2D eigenvalue weighted by Crippen LogP contribution is -2.29. The van der Waals surface area contributed by atoms with Crippen LogP contribution in [-0.2, 0) is 9.84 Å². The molecule has 1 heterocycles. The summed E-state index contributed by atoms with van der Waals surface area (Å²) >= 11 is 1.47. The van der Waals surface area contributed by atoms with Crippen molar-refractivity contribution in [1.82, 2.24) is 5.32 Å². The molecule has 1 atom stereocenters. The molecule has 7 heteroatoms. The lowest BCUT2D eigenvalue weighted by atomic mass is 10.0. The highest BCUT2D eigenvalue weighted by Gasteiger charge is 2.21. The summed E-state index contributed by atoms with van der Waals surface area (Å²) in [4.78, 5) is 13.9. The summed E-state index contributed by atoms with van der Waals surface area (Å²) in [5.74, 6) is -0.743. The summed E-state index contributed by atoms with van der Waals surface area (Å²) < 4.78 is 36.9. The zero-order valence-corrected chi connectivity index (χ0v) is 16.4. The van der Waals surface area contributed by atoms with Crippen LogP contribution < -0.4 is 5.32 Å². The van der Waals surface area contributed by atoms with Gasteiger partial charge < -0.3 is 5.32 Å². The number of hydrogen-bond donors (Lipinski definition) is 1. The maximum atomic E-state index is 13.3. The number of thiophene rings is 1. The predicted molar refractivity (Wildman–Crippen MR) is 104 cm³/mol. The largest absolute Gasteiger partial charge is 0.340 e. The Bertz CT molecular complexity index is 1060. The third-order valence-corrected chi connectivity index (χ3v) is 6.24. The van der Waals surface area contributed by atoms with Crippen LogP contribution in [0.5, 0.6) is 0 Å². The first kappa shape index (κ1) is 19.3. The Morgan fingerprint density at radius 2 is 1.81 bits per heavy atom. The Morgan fingerprint density at radius 3 is 2.41 bits per heavy atom. The third-order valence-electron chi connectivity index (χ3n) is 4.19. The number of halogens is 1. The van der Waals surface area contributed by atoms with Gasteiger partial charge in [0.25, 0.3) is 5.91 Å². The highest BCUT2D eigenvalue weighted by Crippen LogP contribution is 2.27. The second-order valence-corrected chi connectivity index (χ2v) is 9.22. The van der Waals surface area contributed by atoms with E-state index in [1.165, 1.54) is 35.6 Å². The van der Waals surface area contributed by atoms with E-state index in [9.17, 15) is 17.6 Å². The first-order valence-electron chi connectivity index (χ1n) is 8.16. The Morgan fingerprint density at radius 1 is 1.11 bits per heavy atom. The first-order valence-corrected chi connectivity index (χ1v) is 10.9. The number of carbonyl (C=O) groups is 1. The minimum atomic E-state index is -3.42. The van der Waals surface area contributed by atoms with Gasteiger partial charge in [0, 0.05) is 16.7 Å². The Hall–Kier alpha value is -2.51. The summed E-state index contributed by atoms with van der Waals surface area (Å²) in [7, 11) is -3.42. The Balaban J connectivity index is 1.97. The van der Waals surface area contributed by atoms with Crippen LogP contribution in [0.4, 0.5) is 4.39 Å².